The molecule has 28 heavy (non-hydrogen) atoms. The first kappa shape index (κ1) is 18.5. The zero-order chi connectivity index (χ0) is 19.8. The molecule has 2 aromatic rings. The molecule has 0 radical (unpaired) electrons. The quantitative estimate of drug-likeness (QED) is 0.769. The summed E-state index contributed by atoms with van der Waals surface area (Å²) in [6.07, 6.45) is 0. The minimum Gasteiger partial charge on any atom is -0.504 e. The molecule has 2 saturated heterocycles. The van der Waals surface area contributed by atoms with E-state index in [2.05, 4.69) is 5.43 Å². The standard InChI is InChI=1S/C21H23N3O4/c1-3-23-20(26)17-18(14-9-10-15(25)16(11-14)28-2)22-24(19(17)21(23)27)12-13-7-5-4-6-8-13/h4-11,17-19,22,25H,3,12H2,1-2H3/t17-,18+,19+/m0/s1. The summed E-state index contributed by atoms with van der Waals surface area (Å²) in [5.74, 6) is -0.496. The number of imide groups is 1. The molecule has 0 aliphatic carbocycles. The van der Waals surface area contributed by atoms with Crippen molar-refractivity contribution >= 4 is 11.8 Å². The molecule has 2 fully saturated rings. The Bertz CT molecular complexity index is 902. The van der Waals surface area contributed by atoms with Crippen LogP contribution in [0, 0.1) is 5.92 Å². The Kier molecular flexibility index (Phi) is 4.78. The zero-order valence-electron chi connectivity index (χ0n) is 15.8. The summed E-state index contributed by atoms with van der Waals surface area (Å²) < 4.78 is 5.22. The number of likely N-dealkylation sites (tertiary alicyclic amines) is 1. The number of hydrogen-bond acceptors (Lipinski definition) is 6. The molecule has 0 unspecified atom stereocenters. The Morgan fingerprint density at radius 3 is 2.54 bits per heavy atom. The maximum Gasteiger partial charge on any atom is 0.248 e. The molecule has 3 atom stereocenters. The largest absolute Gasteiger partial charge is 0.504 e. The Balaban J connectivity index is 1.71. The van der Waals surface area contributed by atoms with E-state index >= 15 is 0 Å². The van der Waals surface area contributed by atoms with Crippen molar-refractivity contribution in [3.63, 3.8) is 0 Å². The third-order valence-corrected chi connectivity index (χ3v) is 5.49. The molecule has 0 spiro atoms. The van der Waals surface area contributed by atoms with Crippen molar-refractivity contribution in [3.05, 3.63) is 59.7 Å². The van der Waals surface area contributed by atoms with Crippen LogP contribution in [0.25, 0.3) is 0 Å². The third kappa shape index (κ3) is 2.93. The van der Waals surface area contributed by atoms with Crippen LogP contribution in [-0.2, 0) is 16.1 Å². The van der Waals surface area contributed by atoms with Crippen LogP contribution in [0.3, 0.4) is 0 Å². The number of ether oxygens (including phenoxy) is 1. The second-order valence-corrected chi connectivity index (χ2v) is 7.04. The average Bonchev–Trinajstić information content (AvgIpc) is 3.19. The first-order valence-corrected chi connectivity index (χ1v) is 9.34. The SMILES string of the molecule is CCN1C(=O)[C@H]2[C@@H](c3ccc(O)c(OC)c3)NN(Cc3ccccc3)[C@H]2C1=O. The number of fused-ring (bicyclic) bond motifs is 1. The van der Waals surface area contributed by atoms with Crippen molar-refractivity contribution in [2.45, 2.75) is 25.6 Å². The number of methoxy groups -OCH3 is 1. The first-order chi connectivity index (χ1) is 13.5. The molecule has 0 saturated carbocycles. The number of rotatable bonds is 5. The summed E-state index contributed by atoms with van der Waals surface area (Å²) in [7, 11) is 1.48. The topological polar surface area (TPSA) is 82.1 Å². The summed E-state index contributed by atoms with van der Waals surface area (Å²) in [5.41, 5.74) is 5.20. The maximum atomic E-state index is 13.0. The van der Waals surface area contributed by atoms with Crippen LogP contribution in [0.15, 0.2) is 48.5 Å². The number of hydrazine groups is 1. The Morgan fingerprint density at radius 1 is 1.11 bits per heavy atom. The van der Waals surface area contributed by atoms with Crippen LogP contribution in [-0.4, -0.2) is 46.5 Å². The van der Waals surface area contributed by atoms with Crippen LogP contribution in [0.1, 0.15) is 24.1 Å². The van der Waals surface area contributed by atoms with Crippen LogP contribution in [0.4, 0.5) is 0 Å². The van der Waals surface area contributed by atoms with E-state index in [1.165, 1.54) is 12.0 Å². The fraction of sp³-hybridized carbons (Fsp3) is 0.333. The number of hydrogen-bond donors (Lipinski definition) is 2. The van der Waals surface area contributed by atoms with E-state index in [0.717, 1.165) is 11.1 Å². The highest BCUT2D eigenvalue weighted by atomic mass is 16.5. The van der Waals surface area contributed by atoms with Gasteiger partial charge in [-0.3, -0.25) is 14.5 Å². The van der Waals surface area contributed by atoms with Gasteiger partial charge in [-0.2, -0.15) is 0 Å². The summed E-state index contributed by atoms with van der Waals surface area (Å²) in [5, 5.41) is 11.8. The number of carbonyl (C=O) groups is 2. The molecule has 146 valence electrons. The number of nitrogens with zero attached hydrogens (tertiary/aromatic N) is 2. The van der Waals surface area contributed by atoms with E-state index < -0.39 is 12.0 Å². The second-order valence-electron chi connectivity index (χ2n) is 7.04. The van der Waals surface area contributed by atoms with Gasteiger partial charge in [0.05, 0.1) is 19.1 Å². The van der Waals surface area contributed by atoms with E-state index in [1.54, 1.807) is 18.2 Å². The van der Waals surface area contributed by atoms with Gasteiger partial charge in [0, 0.05) is 13.1 Å². The van der Waals surface area contributed by atoms with E-state index in [-0.39, 0.29) is 23.6 Å². The van der Waals surface area contributed by atoms with Gasteiger partial charge < -0.3 is 9.84 Å². The minimum absolute atomic E-state index is 0.0333. The summed E-state index contributed by atoms with van der Waals surface area (Å²) in [6, 6.07) is 13.9. The van der Waals surface area contributed by atoms with E-state index in [1.807, 2.05) is 42.3 Å². The lowest BCUT2D eigenvalue weighted by Gasteiger charge is -2.24. The van der Waals surface area contributed by atoms with E-state index in [0.29, 0.717) is 18.8 Å². The molecule has 0 bridgehead atoms. The molecule has 0 aromatic heterocycles. The number of phenols is 1. The zero-order valence-corrected chi connectivity index (χ0v) is 15.8. The highest BCUT2D eigenvalue weighted by Crippen LogP contribution is 2.42. The number of carbonyl (C=O) groups excluding carboxylic acids is 2. The predicted octanol–water partition coefficient (Wildman–Crippen LogP) is 1.84. The molecule has 2 amide bonds. The Labute approximate surface area is 163 Å². The fourth-order valence-corrected chi connectivity index (χ4v) is 4.13. The highest BCUT2D eigenvalue weighted by Gasteiger charge is 2.58. The van der Waals surface area contributed by atoms with Gasteiger partial charge in [-0.1, -0.05) is 36.4 Å². The van der Waals surface area contributed by atoms with Gasteiger partial charge >= 0.3 is 0 Å². The predicted molar refractivity (Wildman–Crippen MR) is 102 cm³/mol. The minimum atomic E-state index is -0.558. The smallest absolute Gasteiger partial charge is 0.248 e. The van der Waals surface area contributed by atoms with Gasteiger partial charge in [0.15, 0.2) is 11.5 Å². The van der Waals surface area contributed by atoms with Crippen molar-refractivity contribution in [2.24, 2.45) is 5.92 Å². The number of benzene rings is 2. The van der Waals surface area contributed by atoms with Crippen LogP contribution in [0.2, 0.25) is 0 Å². The second kappa shape index (κ2) is 7.26. The van der Waals surface area contributed by atoms with Crippen molar-refractivity contribution in [1.29, 1.82) is 0 Å². The fourth-order valence-electron chi connectivity index (χ4n) is 4.13. The molecule has 2 aliphatic heterocycles. The summed E-state index contributed by atoms with van der Waals surface area (Å²) in [6.45, 7) is 2.67. The van der Waals surface area contributed by atoms with E-state index in [4.69, 9.17) is 4.74 Å². The van der Waals surface area contributed by atoms with Crippen molar-refractivity contribution in [3.8, 4) is 11.5 Å². The van der Waals surface area contributed by atoms with Crippen molar-refractivity contribution in [1.82, 2.24) is 15.3 Å². The highest BCUT2D eigenvalue weighted by molar-refractivity contribution is 6.07. The van der Waals surface area contributed by atoms with Gasteiger partial charge in [0.2, 0.25) is 11.8 Å². The van der Waals surface area contributed by atoms with Crippen LogP contribution < -0.4 is 10.2 Å². The van der Waals surface area contributed by atoms with Crippen molar-refractivity contribution < 1.29 is 19.4 Å². The molecule has 2 aliphatic rings. The number of likely N-dealkylation sites (N-methyl/N-ethyl adjacent to an activating group) is 1. The molecule has 2 aromatic carbocycles. The Hall–Kier alpha value is -2.90. The van der Waals surface area contributed by atoms with Crippen LogP contribution >= 0.6 is 0 Å². The number of nitrogens with one attached hydrogen (secondary N) is 1. The molecule has 7 heteroatoms. The Morgan fingerprint density at radius 2 is 1.86 bits per heavy atom. The maximum absolute atomic E-state index is 13.0. The average molecular weight is 381 g/mol. The monoisotopic (exact) mass is 381 g/mol. The van der Waals surface area contributed by atoms with Gasteiger partial charge in [0.25, 0.3) is 0 Å². The lowest BCUT2D eigenvalue weighted by atomic mass is 9.90. The van der Waals surface area contributed by atoms with Gasteiger partial charge in [-0.05, 0) is 30.2 Å². The van der Waals surface area contributed by atoms with Crippen LogP contribution in [0.5, 0.6) is 11.5 Å². The number of amides is 2. The summed E-state index contributed by atoms with van der Waals surface area (Å²) in [4.78, 5) is 27.3. The molecule has 2 N–H and O–H groups in total. The first-order valence-electron chi connectivity index (χ1n) is 9.34. The molecule has 4 rings (SSSR count). The van der Waals surface area contributed by atoms with Gasteiger partial charge in [-0.25, -0.2) is 10.4 Å². The lowest BCUT2D eigenvalue weighted by Crippen LogP contribution is -2.44. The third-order valence-electron chi connectivity index (χ3n) is 5.49. The number of aromatic hydroxyl groups is 1. The molecular weight excluding hydrogens is 358 g/mol. The molecular formula is C21H23N3O4. The molecule has 7 nitrogen and oxygen atoms in total. The van der Waals surface area contributed by atoms with Gasteiger partial charge in [-0.15, -0.1) is 0 Å². The normalized spacial score (nSPS) is 24.6. The number of phenolic OH excluding ortho intramolecular Hbond substituents is 1. The molecule has 2 heterocycles. The summed E-state index contributed by atoms with van der Waals surface area (Å²) >= 11 is 0. The van der Waals surface area contributed by atoms with Crippen molar-refractivity contribution in [2.75, 3.05) is 13.7 Å². The van der Waals surface area contributed by atoms with E-state index in [9.17, 15) is 14.7 Å². The lowest BCUT2D eigenvalue weighted by molar-refractivity contribution is -0.141. The van der Waals surface area contributed by atoms with Gasteiger partial charge in [0.1, 0.15) is 6.04 Å².